The molecule has 12 heavy (non-hydrogen) atoms. The maximum atomic E-state index is 4.95. The Balaban J connectivity index is 2.67. The predicted molar refractivity (Wildman–Crippen MR) is 49.9 cm³/mol. The number of nitrogens with one attached hydrogen (secondary N) is 1. The van der Waals surface area contributed by atoms with Crippen molar-refractivity contribution in [2.24, 2.45) is 0 Å². The van der Waals surface area contributed by atoms with Crippen LogP contribution in [-0.2, 0) is 0 Å². The van der Waals surface area contributed by atoms with Crippen LogP contribution < -0.4 is 4.74 Å². The summed E-state index contributed by atoms with van der Waals surface area (Å²) in [5.41, 5.74) is 1.84. The lowest BCUT2D eigenvalue weighted by Crippen LogP contribution is -1.82. The lowest BCUT2D eigenvalue weighted by atomic mass is 10.3. The molecule has 0 aliphatic carbocycles. The van der Waals surface area contributed by atoms with Gasteiger partial charge in [0.15, 0.2) is 0 Å². The number of ether oxygens (including phenoxy) is 1. The standard InChI is InChI=1S/C8H8N2OS/c1-11-8-9-6-3-2-5(12)4-7(6)10-8/h2-4,12H,1H3,(H,9,10). The van der Waals surface area contributed by atoms with Crippen molar-refractivity contribution in [3.8, 4) is 6.01 Å². The molecule has 0 aliphatic rings. The molecule has 0 aliphatic heterocycles. The molecule has 0 radical (unpaired) electrons. The number of methoxy groups -OCH3 is 1. The first kappa shape index (κ1) is 7.49. The van der Waals surface area contributed by atoms with Gasteiger partial charge in [-0.05, 0) is 18.2 Å². The lowest BCUT2D eigenvalue weighted by molar-refractivity contribution is 0.386. The lowest BCUT2D eigenvalue weighted by Gasteiger charge is -1.88. The van der Waals surface area contributed by atoms with Crippen LogP contribution >= 0.6 is 12.6 Å². The van der Waals surface area contributed by atoms with E-state index in [4.69, 9.17) is 4.74 Å². The van der Waals surface area contributed by atoms with E-state index in [1.54, 1.807) is 7.11 Å². The molecule has 1 aromatic heterocycles. The van der Waals surface area contributed by atoms with Gasteiger partial charge in [0, 0.05) is 4.90 Å². The molecule has 0 saturated heterocycles. The van der Waals surface area contributed by atoms with Crippen LogP contribution in [0.5, 0.6) is 6.01 Å². The van der Waals surface area contributed by atoms with Gasteiger partial charge in [0.25, 0.3) is 6.01 Å². The van der Waals surface area contributed by atoms with Crippen molar-refractivity contribution in [1.29, 1.82) is 0 Å². The van der Waals surface area contributed by atoms with Crippen molar-refractivity contribution in [3.05, 3.63) is 18.2 Å². The first-order chi connectivity index (χ1) is 5.79. The highest BCUT2D eigenvalue weighted by Gasteiger charge is 2.00. The highest BCUT2D eigenvalue weighted by molar-refractivity contribution is 7.80. The van der Waals surface area contributed by atoms with E-state index in [1.165, 1.54) is 0 Å². The SMILES string of the molecule is COc1nc2ccc(S)cc2[nH]1. The van der Waals surface area contributed by atoms with Gasteiger partial charge in [-0.2, -0.15) is 4.98 Å². The zero-order valence-corrected chi connectivity index (χ0v) is 7.43. The van der Waals surface area contributed by atoms with Crippen molar-refractivity contribution >= 4 is 23.7 Å². The molecule has 4 heteroatoms. The van der Waals surface area contributed by atoms with E-state index in [0.29, 0.717) is 6.01 Å². The van der Waals surface area contributed by atoms with Crippen molar-refractivity contribution in [2.75, 3.05) is 7.11 Å². The van der Waals surface area contributed by atoms with Gasteiger partial charge in [-0.3, -0.25) is 0 Å². The maximum absolute atomic E-state index is 4.95. The molecular weight excluding hydrogens is 172 g/mol. The Bertz CT molecular complexity index is 410. The fourth-order valence-electron chi connectivity index (χ4n) is 1.07. The average Bonchev–Trinajstić information content (AvgIpc) is 2.46. The summed E-state index contributed by atoms with van der Waals surface area (Å²) in [7, 11) is 1.58. The van der Waals surface area contributed by atoms with Crippen LogP contribution in [0.15, 0.2) is 23.1 Å². The summed E-state index contributed by atoms with van der Waals surface area (Å²) < 4.78 is 4.95. The molecule has 0 fully saturated rings. The Morgan fingerprint density at radius 3 is 3.08 bits per heavy atom. The minimum Gasteiger partial charge on any atom is -0.468 e. The molecule has 0 spiro atoms. The maximum Gasteiger partial charge on any atom is 0.294 e. The number of hydrogen-bond donors (Lipinski definition) is 2. The van der Waals surface area contributed by atoms with Crippen LogP contribution in [-0.4, -0.2) is 17.1 Å². The molecule has 3 nitrogen and oxygen atoms in total. The molecule has 0 saturated carbocycles. The number of thiol groups is 1. The van der Waals surface area contributed by atoms with E-state index in [0.717, 1.165) is 15.9 Å². The fraction of sp³-hybridized carbons (Fsp3) is 0.125. The number of aromatic nitrogens is 2. The van der Waals surface area contributed by atoms with E-state index in [-0.39, 0.29) is 0 Å². The largest absolute Gasteiger partial charge is 0.468 e. The molecule has 1 aromatic carbocycles. The molecular formula is C8H8N2OS. The number of rotatable bonds is 1. The minimum atomic E-state index is 0.531. The van der Waals surface area contributed by atoms with E-state index in [2.05, 4.69) is 22.6 Å². The third-order valence-corrected chi connectivity index (χ3v) is 1.92. The van der Waals surface area contributed by atoms with Gasteiger partial charge in [-0.15, -0.1) is 12.6 Å². The second kappa shape index (κ2) is 2.71. The number of fused-ring (bicyclic) bond motifs is 1. The smallest absolute Gasteiger partial charge is 0.294 e. The second-order valence-electron chi connectivity index (χ2n) is 2.45. The molecule has 2 rings (SSSR count). The minimum absolute atomic E-state index is 0.531. The number of benzene rings is 1. The van der Waals surface area contributed by atoms with Gasteiger partial charge in [0.05, 0.1) is 18.1 Å². The first-order valence-electron chi connectivity index (χ1n) is 3.52. The van der Waals surface area contributed by atoms with Crippen LogP contribution in [0, 0.1) is 0 Å². The highest BCUT2D eigenvalue weighted by Crippen LogP contribution is 2.18. The van der Waals surface area contributed by atoms with Gasteiger partial charge in [0.2, 0.25) is 0 Å². The van der Waals surface area contributed by atoms with E-state index in [9.17, 15) is 0 Å². The Kier molecular flexibility index (Phi) is 1.69. The van der Waals surface area contributed by atoms with Gasteiger partial charge in [0.1, 0.15) is 0 Å². The van der Waals surface area contributed by atoms with E-state index < -0.39 is 0 Å². The quantitative estimate of drug-likeness (QED) is 0.657. The Morgan fingerprint density at radius 1 is 1.50 bits per heavy atom. The van der Waals surface area contributed by atoms with Crippen molar-refractivity contribution in [2.45, 2.75) is 4.90 Å². The number of hydrogen-bond acceptors (Lipinski definition) is 3. The average molecular weight is 180 g/mol. The van der Waals surface area contributed by atoms with Crippen molar-refractivity contribution < 1.29 is 4.74 Å². The van der Waals surface area contributed by atoms with Crippen LogP contribution in [0.1, 0.15) is 0 Å². The van der Waals surface area contributed by atoms with Gasteiger partial charge >= 0.3 is 0 Å². The number of imidazole rings is 1. The topological polar surface area (TPSA) is 37.9 Å². The summed E-state index contributed by atoms with van der Waals surface area (Å²) in [6.07, 6.45) is 0. The molecule has 2 aromatic rings. The van der Waals surface area contributed by atoms with E-state index in [1.807, 2.05) is 18.2 Å². The summed E-state index contributed by atoms with van der Waals surface area (Å²) in [5.74, 6) is 0. The van der Waals surface area contributed by atoms with Crippen LogP contribution in [0.3, 0.4) is 0 Å². The number of nitrogens with zero attached hydrogens (tertiary/aromatic N) is 1. The van der Waals surface area contributed by atoms with E-state index >= 15 is 0 Å². The first-order valence-corrected chi connectivity index (χ1v) is 3.97. The van der Waals surface area contributed by atoms with Gasteiger partial charge in [-0.1, -0.05) is 0 Å². The zero-order chi connectivity index (χ0) is 8.55. The Morgan fingerprint density at radius 2 is 2.33 bits per heavy atom. The third kappa shape index (κ3) is 1.14. The molecule has 0 bridgehead atoms. The van der Waals surface area contributed by atoms with Crippen LogP contribution in [0.4, 0.5) is 0 Å². The molecule has 1 N–H and O–H groups in total. The second-order valence-corrected chi connectivity index (χ2v) is 2.96. The zero-order valence-electron chi connectivity index (χ0n) is 6.53. The molecule has 0 unspecified atom stereocenters. The third-order valence-electron chi connectivity index (χ3n) is 1.64. The monoisotopic (exact) mass is 180 g/mol. The molecule has 0 amide bonds. The summed E-state index contributed by atoms with van der Waals surface area (Å²) in [5, 5.41) is 0. The summed E-state index contributed by atoms with van der Waals surface area (Å²) in [6, 6.07) is 6.24. The number of aromatic amines is 1. The van der Waals surface area contributed by atoms with Crippen molar-refractivity contribution in [3.63, 3.8) is 0 Å². The predicted octanol–water partition coefficient (Wildman–Crippen LogP) is 1.86. The number of H-pyrrole nitrogens is 1. The summed E-state index contributed by atoms with van der Waals surface area (Å²) in [4.78, 5) is 8.08. The van der Waals surface area contributed by atoms with Crippen LogP contribution in [0.25, 0.3) is 11.0 Å². The van der Waals surface area contributed by atoms with Gasteiger partial charge < -0.3 is 9.72 Å². The highest BCUT2D eigenvalue weighted by atomic mass is 32.1. The van der Waals surface area contributed by atoms with Gasteiger partial charge in [-0.25, -0.2) is 0 Å². The molecule has 1 heterocycles. The fourth-order valence-corrected chi connectivity index (χ4v) is 1.27. The Labute approximate surface area is 75.2 Å². The van der Waals surface area contributed by atoms with Crippen LogP contribution in [0.2, 0.25) is 0 Å². The molecule has 62 valence electrons. The molecule has 0 atom stereocenters. The normalized spacial score (nSPS) is 10.5. The summed E-state index contributed by atoms with van der Waals surface area (Å²) in [6.45, 7) is 0. The summed E-state index contributed by atoms with van der Waals surface area (Å²) >= 11 is 4.21. The van der Waals surface area contributed by atoms with Crippen molar-refractivity contribution in [1.82, 2.24) is 9.97 Å². The Hall–Kier alpha value is -1.16.